The summed E-state index contributed by atoms with van der Waals surface area (Å²) in [4.78, 5) is 30.1. The molecule has 3 rings (SSSR count). The number of esters is 1. The van der Waals surface area contributed by atoms with Crippen molar-refractivity contribution in [3.05, 3.63) is 38.9 Å². The number of hydrogen-bond donors (Lipinski definition) is 1. The Morgan fingerprint density at radius 2 is 2.06 bits per heavy atom. The number of carbonyl (C=O) groups excluding carboxylic acids is 2. The molecule has 0 saturated carbocycles. The van der Waals surface area contributed by atoms with Gasteiger partial charge in [-0.15, -0.1) is 11.3 Å². The average Bonchev–Trinajstić information content (AvgIpc) is 3.06. The van der Waals surface area contributed by atoms with Crippen LogP contribution in [0.1, 0.15) is 53.1 Å². The monoisotopic (exact) mass is 492 g/mol. The number of ether oxygens (including phenoxy) is 1. The fourth-order valence-corrected chi connectivity index (χ4v) is 5.54. The van der Waals surface area contributed by atoms with E-state index in [0.717, 1.165) is 54.0 Å². The molecule has 0 fully saturated rings. The minimum atomic E-state index is -4.55. The number of aromatic nitrogens is 1. The predicted molar refractivity (Wildman–Crippen MR) is 115 cm³/mol. The molecule has 0 spiro atoms. The molecule has 1 atom stereocenters. The standard InChI is InChI=1S/C20H20ClF3N2O3S2/c1-3-29-19(28)15-12-6-4-5-7-14(12)31-18(15)26-16(27)10(2)30-17-13(21)8-11(9-25-17)20(22,23)24/h8-10H,3-7H2,1-2H3,(H,26,27)/t10-/m0/s1. The number of alkyl halides is 3. The molecular formula is C20H20ClF3N2O3S2. The molecule has 0 unspecified atom stereocenters. The first kappa shape index (κ1) is 23.9. The Bertz CT molecular complexity index is 995. The van der Waals surface area contributed by atoms with Gasteiger partial charge in [-0.05, 0) is 51.2 Å². The molecule has 2 aromatic rings. The van der Waals surface area contributed by atoms with Crippen LogP contribution in [0.5, 0.6) is 0 Å². The van der Waals surface area contributed by atoms with Crippen molar-refractivity contribution in [2.24, 2.45) is 0 Å². The zero-order valence-corrected chi connectivity index (χ0v) is 19.2. The summed E-state index contributed by atoms with van der Waals surface area (Å²) in [5.74, 6) is -0.878. The van der Waals surface area contributed by atoms with Crippen LogP contribution >= 0.6 is 34.7 Å². The number of nitrogens with one attached hydrogen (secondary N) is 1. The number of hydrogen-bond acceptors (Lipinski definition) is 6. The minimum Gasteiger partial charge on any atom is -0.462 e. The van der Waals surface area contributed by atoms with E-state index in [9.17, 15) is 22.8 Å². The lowest BCUT2D eigenvalue weighted by Crippen LogP contribution is -2.23. The van der Waals surface area contributed by atoms with E-state index < -0.39 is 28.9 Å². The van der Waals surface area contributed by atoms with Gasteiger partial charge < -0.3 is 10.1 Å². The molecule has 0 radical (unpaired) electrons. The molecule has 31 heavy (non-hydrogen) atoms. The molecule has 1 aliphatic carbocycles. The first-order valence-electron chi connectivity index (χ1n) is 9.63. The maximum Gasteiger partial charge on any atom is 0.417 e. The third-order valence-corrected chi connectivity index (χ3v) is 7.40. The van der Waals surface area contributed by atoms with Crippen LogP contribution in [0.2, 0.25) is 5.02 Å². The van der Waals surface area contributed by atoms with Gasteiger partial charge in [0.1, 0.15) is 10.0 Å². The first-order valence-corrected chi connectivity index (χ1v) is 11.7. The second kappa shape index (κ2) is 9.79. The topological polar surface area (TPSA) is 68.3 Å². The van der Waals surface area contributed by atoms with Crippen molar-refractivity contribution in [1.29, 1.82) is 0 Å². The van der Waals surface area contributed by atoms with Crippen LogP contribution in [0.4, 0.5) is 18.2 Å². The van der Waals surface area contributed by atoms with Gasteiger partial charge in [0.25, 0.3) is 0 Å². The Morgan fingerprint density at radius 3 is 2.71 bits per heavy atom. The number of pyridine rings is 1. The number of anilines is 1. The van der Waals surface area contributed by atoms with Crippen molar-refractivity contribution in [1.82, 2.24) is 4.98 Å². The van der Waals surface area contributed by atoms with Gasteiger partial charge in [0.2, 0.25) is 5.91 Å². The van der Waals surface area contributed by atoms with Crippen molar-refractivity contribution in [3.63, 3.8) is 0 Å². The van der Waals surface area contributed by atoms with E-state index in [4.69, 9.17) is 16.3 Å². The number of halogens is 4. The number of amides is 1. The number of nitrogens with zero attached hydrogens (tertiary/aromatic N) is 1. The highest BCUT2D eigenvalue weighted by Gasteiger charge is 2.32. The number of fused-ring (bicyclic) bond motifs is 1. The maximum absolute atomic E-state index is 12.8. The van der Waals surface area contributed by atoms with Crippen molar-refractivity contribution in [2.45, 2.75) is 56.0 Å². The summed E-state index contributed by atoms with van der Waals surface area (Å²) in [5.41, 5.74) is 0.373. The fraction of sp³-hybridized carbons (Fsp3) is 0.450. The molecule has 168 valence electrons. The molecule has 0 aliphatic heterocycles. The highest BCUT2D eigenvalue weighted by molar-refractivity contribution is 8.00. The van der Waals surface area contributed by atoms with E-state index >= 15 is 0 Å². The van der Waals surface area contributed by atoms with Gasteiger partial charge in [0.05, 0.1) is 28.0 Å². The van der Waals surface area contributed by atoms with E-state index in [2.05, 4.69) is 10.3 Å². The summed E-state index contributed by atoms with van der Waals surface area (Å²) in [6.07, 6.45) is -0.278. The van der Waals surface area contributed by atoms with Crippen LogP contribution in [-0.2, 0) is 28.5 Å². The van der Waals surface area contributed by atoms with Crippen molar-refractivity contribution in [2.75, 3.05) is 11.9 Å². The van der Waals surface area contributed by atoms with Crippen molar-refractivity contribution >= 4 is 51.6 Å². The molecule has 0 saturated heterocycles. The van der Waals surface area contributed by atoms with E-state index in [-0.39, 0.29) is 16.7 Å². The molecule has 5 nitrogen and oxygen atoms in total. The van der Waals surface area contributed by atoms with E-state index in [1.165, 1.54) is 11.3 Å². The number of thiophene rings is 1. The minimum absolute atomic E-state index is 0.119. The van der Waals surface area contributed by atoms with Gasteiger partial charge in [-0.3, -0.25) is 4.79 Å². The summed E-state index contributed by atoms with van der Waals surface area (Å²) in [6, 6.07) is 0.785. The molecule has 1 aliphatic rings. The molecule has 2 heterocycles. The fourth-order valence-electron chi connectivity index (χ4n) is 3.17. The number of rotatable bonds is 6. The number of aryl methyl sites for hydroxylation is 1. The lowest BCUT2D eigenvalue weighted by Gasteiger charge is -2.14. The first-order chi connectivity index (χ1) is 14.6. The Balaban J connectivity index is 1.77. The highest BCUT2D eigenvalue weighted by atomic mass is 35.5. The number of thioether (sulfide) groups is 1. The molecule has 11 heteroatoms. The van der Waals surface area contributed by atoms with Crippen LogP contribution in [0.3, 0.4) is 0 Å². The average molecular weight is 493 g/mol. The van der Waals surface area contributed by atoms with Gasteiger partial charge in [-0.1, -0.05) is 23.4 Å². The summed E-state index contributed by atoms with van der Waals surface area (Å²) in [5, 5.41) is 2.45. The third-order valence-electron chi connectivity index (χ3n) is 4.68. The lowest BCUT2D eigenvalue weighted by molar-refractivity contribution is -0.137. The van der Waals surface area contributed by atoms with Gasteiger partial charge in [-0.2, -0.15) is 13.2 Å². The Hall–Kier alpha value is -1.78. The Kier molecular flexibility index (Phi) is 7.54. The van der Waals surface area contributed by atoms with Gasteiger partial charge in [0.15, 0.2) is 0 Å². The van der Waals surface area contributed by atoms with Crippen LogP contribution in [-0.4, -0.2) is 28.7 Å². The van der Waals surface area contributed by atoms with E-state index in [0.29, 0.717) is 16.8 Å². The summed E-state index contributed by atoms with van der Waals surface area (Å²) >= 11 is 8.25. The third kappa shape index (κ3) is 5.53. The summed E-state index contributed by atoms with van der Waals surface area (Å²) in [6.45, 7) is 3.53. The van der Waals surface area contributed by atoms with Gasteiger partial charge in [-0.25, -0.2) is 9.78 Å². The SMILES string of the molecule is CCOC(=O)c1c(NC(=O)[C@H](C)Sc2ncc(C(F)(F)F)cc2Cl)sc2c1CCCC2. The lowest BCUT2D eigenvalue weighted by atomic mass is 9.95. The van der Waals surface area contributed by atoms with E-state index in [1.54, 1.807) is 13.8 Å². The second-order valence-corrected chi connectivity index (χ2v) is 9.74. The summed E-state index contributed by atoms with van der Waals surface area (Å²) < 4.78 is 43.5. The Labute approximate surface area is 190 Å². The molecule has 0 bridgehead atoms. The molecule has 1 amide bonds. The van der Waals surface area contributed by atoms with Crippen LogP contribution < -0.4 is 5.32 Å². The zero-order chi connectivity index (χ0) is 22.8. The Morgan fingerprint density at radius 1 is 1.35 bits per heavy atom. The van der Waals surface area contributed by atoms with Gasteiger partial charge >= 0.3 is 12.1 Å². The van der Waals surface area contributed by atoms with E-state index in [1.807, 2.05) is 0 Å². The maximum atomic E-state index is 12.8. The highest BCUT2D eigenvalue weighted by Crippen LogP contribution is 2.39. The molecule has 0 aromatic carbocycles. The van der Waals surface area contributed by atoms with Gasteiger partial charge in [0, 0.05) is 11.1 Å². The normalized spacial score (nSPS) is 14.6. The van der Waals surface area contributed by atoms with Crippen molar-refractivity contribution in [3.8, 4) is 0 Å². The zero-order valence-electron chi connectivity index (χ0n) is 16.8. The predicted octanol–water partition coefficient (Wildman–Crippen LogP) is 5.99. The quantitative estimate of drug-likeness (QED) is 0.396. The van der Waals surface area contributed by atoms with Crippen LogP contribution in [0, 0.1) is 0 Å². The molecular weight excluding hydrogens is 473 g/mol. The van der Waals surface area contributed by atoms with Crippen molar-refractivity contribution < 1.29 is 27.5 Å². The van der Waals surface area contributed by atoms with Crippen LogP contribution in [0.25, 0.3) is 0 Å². The largest absolute Gasteiger partial charge is 0.462 e. The summed E-state index contributed by atoms with van der Waals surface area (Å²) in [7, 11) is 0. The van der Waals surface area contributed by atoms with Crippen LogP contribution in [0.15, 0.2) is 17.3 Å². The second-order valence-electron chi connectivity index (χ2n) is 6.89. The smallest absolute Gasteiger partial charge is 0.417 e. The molecule has 1 N–H and O–H groups in total. The number of carbonyl (C=O) groups is 2. The molecule has 2 aromatic heterocycles.